The van der Waals surface area contributed by atoms with Crippen LogP contribution in [0.4, 0.5) is 0 Å². The first-order valence-electron chi connectivity index (χ1n) is 2.85. The van der Waals surface area contributed by atoms with Crippen LogP contribution in [0.3, 0.4) is 0 Å². The molecule has 0 unspecified atom stereocenters. The van der Waals surface area contributed by atoms with Crippen LogP contribution in [0.25, 0.3) is 0 Å². The highest BCUT2D eigenvalue weighted by atomic mass is 16.5. The van der Waals surface area contributed by atoms with Crippen LogP contribution in [0, 0.1) is 0 Å². The Morgan fingerprint density at radius 2 is 1.80 bits per heavy atom. The van der Waals surface area contributed by atoms with Gasteiger partial charge >= 0.3 is 0 Å². The second-order valence-corrected chi connectivity index (χ2v) is 1.88. The van der Waals surface area contributed by atoms with Gasteiger partial charge in [-0.25, -0.2) is 0 Å². The molecule has 0 radical (unpaired) electrons. The number of allylic oxidation sites excluding steroid dienone is 2. The van der Waals surface area contributed by atoms with Crippen LogP contribution >= 0.6 is 0 Å². The zero-order chi connectivity index (χ0) is 8.15. The third-order valence-corrected chi connectivity index (χ3v) is 0.901. The minimum absolute atomic E-state index is 0.104. The lowest BCUT2D eigenvalue weighted by atomic mass is 10.3. The van der Waals surface area contributed by atoms with Gasteiger partial charge in [-0.2, -0.15) is 0 Å². The van der Waals surface area contributed by atoms with Crippen molar-refractivity contribution < 1.29 is 14.3 Å². The molecule has 0 bridgehead atoms. The third kappa shape index (κ3) is 3.02. The molecule has 0 N–H and O–H groups in total. The van der Waals surface area contributed by atoms with Gasteiger partial charge in [0.05, 0.1) is 7.11 Å². The summed E-state index contributed by atoms with van der Waals surface area (Å²) < 4.78 is 4.61. The second kappa shape index (κ2) is 3.82. The largest absolute Gasteiger partial charge is 0.493 e. The van der Waals surface area contributed by atoms with Gasteiger partial charge in [0, 0.05) is 13.0 Å². The van der Waals surface area contributed by atoms with Crippen LogP contribution in [-0.4, -0.2) is 18.7 Å². The summed E-state index contributed by atoms with van der Waals surface area (Å²) in [7, 11) is 1.36. The Balaban J connectivity index is 4.34. The minimum atomic E-state index is -0.238. The van der Waals surface area contributed by atoms with Crippen molar-refractivity contribution in [3.63, 3.8) is 0 Å². The van der Waals surface area contributed by atoms with Gasteiger partial charge in [0.1, 0.15) is 0 Å². The Labute approximate surface area is 59.7 Å². The molecule has 3 nitrogen and oxygen atoms in total. The van der Waals surface area contributed by atoms with Gasteiger partial charge in [-0.05, 0) is 6.92 Å². The fourth-order valence-corrected chi connectivity index (χ4v) is 0.489. The molecule has 10 heavy (non-hydrogen) atoms. The summed E-state index contributed by atoms with van der Waals surface area (Å²) in [6, 6.07) is 0. The van der Waals surface area contributed by atoms with Crippen molar-refractivity contribution in [2.45, 2.75) is 13.8 Å². The lowest BCUT2D eigenvalue weighted by molar-refractivity contribution is -0.118. The quantitative estimate of drug-likeness (QED) is 0.430. The van der Waals surface area contributed by atoms with Gasteiger partial charge in [-0.3, -0.25) is 9.59 Å². The molecule has 0 saturated carbocycles. The van der Waals surface area contributed by atoms with E-state index >= 15 is 0 Å². The van der Waals surface area contributed by atoms with E-state index in [1.807, 2.05) is 0 Å². The smallest absolute Gasteiger partial charge is 0.194 e. The molecular formula is C7H10O3. The summed E-state index contributed by atoms with van der Waals surface area (Å²) in [6.07, 6.45) is 1.17. The maximum atomic E-state index is 10.6. The average Bonchev–Trinajstić information content (AvgIpc) is 1.81. The number of ketones is 2. The molecule has 0 rings (SSSR count). The minimum Gasteiger partial charge on any atom is -0.493 e. The van der Waals surface area contributed by atoms with Gasteiger partial charge in [0.2, 0.25) is 0 Å². The lowest BCUT2D eigenvalue weighted by Crippen LogP contribution is -2.01. The molecule has 3 heteroatoms. The molecule has 56 valence electrons. The zero-order valence-corrected chi connectivity index (χ0v) is 6.30. The number of rotatable bonds is 3. The van der Waals surface area contributed by atoms with E-state index in [-0.39, 0.29) is 17.3 Å². The van der Waals surface area contributed by atoms with Crippen LogP contribution < -0.4 is 0 Å². The number of hydrogen-bond acceptors (Lipinski definition) is 3. The number of hydrogen-bond donors (Lipinski definition) is 0. The number of Topliss-reactive ketones (excluding diaryl/α,β-unsaturated/α-hetero) is 1. The van der Waals surface area contributed by atoms with Crippen LogP contribution in [0.1, 0.15) is 13.8 Å². The highest BCUT2D eigenvalue weighted by Gasteiger charge is 2.02. The number of methoxy groups -OCH3 is 1. The molecule has 0 aromatic heterocycles. The highest BCUT2D eigenvalue weighted by molar-refractivity contribution is 5.99. The fraction of sp³-hybridized carbons (Fsp3) is 0.429. The molecule has 0 aliphatic rings. The van der Waals surface area contributed by atoms with E-state index in [0.29, 0.717) is 0 Å². The molecule has 0 aromatic carbocycles. The van der Waals surface area contributed by atoms with E-state index < -0.39 is 0 Å². The van der Waals surface area contributed by atoms with E-state index in [1.165, 1.54) is 27.0 Å². The summed E-state index contributed by atoms with van der Waals surface area (Å²) in [6.45, 7) is 2.71. The molecule has 0 aliphatic heterocycles. The van der Waals surface area contributed by atoms with Gasteiger partial charge < -0.3 is 4.74 Å². The molecule has 0 heterocycles. The van der Waals surface area contributed by atoms with E-state index in [2.05, 4.69) is 4.74 Å². The summed E-state index contributed by atoms with van der Waals surface area (Å²) >= 11 is 0. The zero-order valence-electron chi connectivity index (χ0n) is 6.30. The average molecular weight is 142 g/mol. The van der Waals surface area contributed by atoms with Gasteiger partial charge in [0.15, 0.2) is 17.3 Å². The molecule has 0 aromatic rings. The standard InChI is InChI=1S/C7H10O3/c1-5(8)4-7(10-3)6(2)9/h4H,1-3H3/b7-4-. The first-order valence-corrected chi connectivity index (χ1v) is 2.85. The molecule has 0 saturated heterocycles. The number of ether oxygens (including phenoxy) is 1. The first-order chi connectivity index (χ1) is 4.57. The van der Waals surface area contributed by atoms with Crippen molar-refractivity contribution in [2.75, 3.05) is 7.11 Å². The SMILES string of the molecule is CO/C(=C\C(C)=O)C(C)=O. The van der Waals surface area contributed by atoms with Crippen molar-refractivity contribution in [1.29, 1.82) is 0 Å². The summed E-state index contributed by atoms with van der Waals surface area (Å²) in [5.41, 5.74) is 0. The third-order valence-electron chi connectivity index (χ3n) is 0.901. The Morgan fingerprint density at radius 1 is 1.30 bits per heavy atom. The van der Waals surface area contributed by atoms with E-state index in [0.717, 1.165) is 0 Å². The predicted octanol–water partition coefficient (Wildman–Crippen LogP) is 0.695. The maximum absolute atomic E-state index is 10.6. The fourth-order valence-electron chi connectivity index (χ4n) is 0.489. The number of carbonyl (C=O) groups excluding carboxylic acids is 2. The molecule has 0 spiro atoms. The lowest BCUT2D eigenvalue weighted by Gasteiger charge is -1.97. The monoisotopic (exact) mass is 142 g/mol. The van der Waals surface area contributed by atoms with Crippen LogP contribution in [-0.2, 0) is 14.3 Å². The Hall–Kier alpha value is -1.12. The molecule has 0 atom stereocenters. The molecule has 0 aliphatic carbocycles. The van der Waals surface area contributed by atoms with Gasteiger partial charge in [-0.15, -0.1) is 0 Å². The van der Waals surface area contributed by atoms with Crippen molar-refractivity contribution in [2.24, 2.45) is 0 Å². The van der Waals surface area contributed by atoms with E-state index in [4.69, 9.17) is 0 Å². The van der Waals surface area contributed by atoms with Crippen molar-refractivity contribution >= 4 is 11.6 Å². The van der Waals surface area contributed by atoms with Crippen molar-refractivity contribution in [3.8, 4) is 0 Å². The topological polar surface area (TPSA) is 43.4 Å². The Bertz CT molecular complexity index is 179. The normalized spacial score (nSPS) is 10.9. The maximum Gasteiger partial charge on any atom is 0.194 e. The first kappa shape index (κ1) is 8.88. The van der Waals surface area contributed by atoms with Crippen LogP contribution in [0.5, 0.6) is 0 Å². The summed E-state index contributed by atoms with van der Waals surface area (Å²) in [4.78, 5) is 21.0. The van der Waals surface area contributed by atoms with Gasteiger partial charge in [-0.1, -0.05) is 0 Å². The molecule has 0 amide bonds. The van der Waals surface area contributed by atoms with Crippen LogP contribution in [0.2, 0.25) is 0 Å². The molecule has 0 fully saturated rings. The second-order valence-electron chi connectivity index (χ2n) is 1.88. The Kier molecular flexibility index (Phi) is 3.39. The van der Waals surface area contributed by atoms with Crippen molar-refractivity contribution in [3.05, 3.63) is 11.8 Å². The van der Waals surface area contributed by atoms with Gasteiger partial charge in [0.25, 0.3) is 0 Å². The highest BCUT2D eigenvalue weighted by Crippen LogP contribution is 1.95. The summed E-state index contributed by atoms with van der Waals surface area (Å²) in [5.74, 6) is -0.322. The predicted molar refractivity (Wildman–Crippen MR) is 36.5 cm³/mol. The van der Waals surface area contributed by atoms with E-state index in [9.17, 15) is 9.59 Å². The summed E-state index contributed by atoms with van der Waals surface area (Å²) in [5, 5.41) is 0. The van der Waals surface area contributed by atoms with E-state index in [1.54, 1.807) is 0 Å². The van der Waals surface area contributed by atoms with Crippen molar-refractivity contribution in [1.82, 2.24) is 0 Å². The van der Waals surface area contributed by atoms with Crippen LogP contribution in [0.15, 0.2) is 11.8 Å². The Morgan fingerprint density at radius 3 is 1.90 bits per heavy atom. The molecular weight excluding hydrogens is 132 g/mol. The number of carbonyl (C=O) groups is 2.